The summed E-state index contributed by atoms with van der Waals surface area (Å²) in [5.74, 6) is 3.06. The van der Waals surface area contributed by atoms with E-state index in [0.717, 1.165) is 18.4 Å². The van der Waals surface area contributed by atoms with Crippen LogP contribution < -0.4 is 4.31 Å². The Labute approximate surface area is 190 Å². The maximum absolute atomic E-state index is 13.8. The molecule has 3 rings (SSSR count). The zero-order valence-corrected chi connectivity index (χ0v) is 19.7. The molecule has 0 spiro atoms. The summed E-state index contributed by atoms with van der Waals surface area (Å²) in [4.78, 5) is 25.1. The second kappa shape index (κ2) is 12.4. The van der Waals surface area contributed by atoms with Crippen LogP contribution in [0, 0.1) is 5.82 Å². The Kier molecular flexibility index (Phi) is 9.97. The van der Waals surface area contributed by atoms with Crippen LogP contribution >= 0.6 is 0 Å². The van der Waals surface area contributed by atoms with E-state index in [4.69, 9.17) is 4.74 Å². The first-order chi connectivity index (χ1) is 15.4. The molecule has 32 heavy (non-hydrogen) atoms. The molecule has 1 atom stereocenters. The molecule has 176 valence electrons. The van der Waals surface area contributed by atoms with Gasteiger partial charge in [-0.3, -0.25) is 4.31 Å². The number of hydrogen-bond donors (Lipinski definition) is 0. The lowest BCUT2D eigenvalue weighted by Crippen LogP contribution is -2.49. The summed E-state index contributed by atoms with van der Waals surface area (Å²) in [6, 6.07) is 5.56. The van der Waals surface area contributed by atoms with Gasteiger partial charge in [0.2, 0.25) is 0 Å². The number of carbonyl (C=O) groups is 2. The molecule has 1 saturated heterocycles. The number of allylic oxidation sites excluding steroid dienone is 2. The number of piperidine rings is 1. The smallest absolute Gasteiger partial charge is 0.410 e. The second-order valence-electron chi connectivity index (χ2n) is 7.44. The quantitative estimate of drug-likeness (QED) is 0.444. The number of anilines is 1. The van der Waals surface area contributed by atoms with Crippen LogP contribution in [0.4, 0.5) is 14.9 Å². The highest BCUT2D eigenvalue weighted by molar-refractivity contribution is 8.02. The van der Waals surface area contributed by atoms with Crippen molar-refractivity contribution in [3.8, 4) is 0 Å². The van der Waals surface area contributed by atoms with Crippen molar-refractivity contribution >= 4 is 33.6 Å². The lowest BCUT2D eigenvalue weighted by molar-refractivity contribution is -0.105. The van der Waals surface area contributed by atoms with Crippen molar-refractivity contribution in [2.45, 2.75) is 45.6 Å². The van der Waals surface area contributed by atoms with Crippen LogP contribution in [-0.2, 0) is 19.2 Å². The Morgan fingerprint density at radius 1 is 1.31 bits per heavy atom. The average molecular weight is 465 g/mol. The minimum absolute atomic E-state index is 0.232. The molecule has 1 aromatic carbocycles. The fraction of sp³-hybridized carbons (Fsp3) is 0.458. The van der Waals surface area contributed by atoms with Gasteiger partial charge in [0.25, 0.3) is 0 Å². The summed E-state index contributed by atoms with van der Waals surface area (Å²) in [5, 5.41) is 0. The van der Waals surface area contributed by atoms with E-state index in [1.807, 2.05) is 19.9 Å². The SMILES string of the molecule is C=S(=O)(CC=O)N(c1cccc(F)c1)C1CCN(C(=O)OCC2=CCCC=C2)CC1.CC. The highest BCUT2D eigenvalue weighted by atomic mass is 32.2. The topological polar surface area (TPSA) is 66.9 Å². The maximum atomic E-state index is 13.8. The van der Waals surface area contributed by atoms with Crippen LogP contribution in [0.25, 0.3) is 0 Å². The van der Waals surface area contributed by atoms with Crippen molar-refractivity contribution in [1.29, 1.82) is 0 Å². The molecule has 6 nitrogen and oxygen atoms in total. The molecule has 1 heterocycles. The molecular weight excluding hydrogens is 431 g/mol. The molecule has 8 heteroatoms. The fourth-order valence-electron chi connectivity index (χ4n) is 3.77. The molecule has 1 unspecified atom stereocenters. The number of ether oxygens (including phenoxy) is 1. The molecule has 0 N–H and O–H groups in total. The highest BCUT2D eigenvalue weighted by Gasteiger charge is 2.32. The second-order valence-corrected chi connectivity index (χ2v) is 9.71. The zero-order valence-electron chi connectivity index (χ0n) is 18.9. The number of rotatable bonds is 7. The molecule has 1 aromatic rings. The summed E-state index contributed by atoms with van der Waals surface area (Å²) < 4.78 is 33.9. The number of benzene rings is 1. The predicted octanol–water partition coefficient (Wildman–Crippen LogP) is 4.37. The van der Waals surface area contributed by atoms with Gasteiger partial charge in [0, 0.05) is 19.1 Å². The van der Waals surface area contributed by atoms with Gasteiger partial charge in [0.15, 0.2) is 0 Å². The number of aldehydes is 1. The lowest BCUT2D eigenvalue weighted by atomic mass is 10.0. The number of likely N-dealkylation sites (tertiary alicyclic amines) is 1. The zero-order chi connectivity index (χ0) is 23.6. The fourth-order valence-corrected chi connectivity index (χ4v) is 5.39. The van der Waals surface area contributed by atoms with Crippen molar-refractivity contribution < 1.29 is 22.9 Å². The van der Waals surface area contributed by atoms with E-state index in [0.29, 0.717) is 37.9 Å². The van der Waals surface area contributed by atoms with E-state index in [1.54, 1.807) is 15.3 Å². The summed E-state index contributed by atoms with van der Waals surface area (Å²) in [7, 11) is -2.96. The third-order valence-electron chi connectivity index (χ3n) is 5.24. The molecule has 0 saturated carbocycles. The minimum atomic E-state index is -2.96. The average Bonchev–Trinajstić information content (AvgIpc) is 2.80. The Balaban J connectivity index is 0.00000176. The monoisotopic (exact) mass is 464 g/mol. The van der Waals surface area contributed by atoms with E-state index in [1.165, 1.54) is 18.2 Å². The van der Waals surface area contributed by atoms with Gasteiger partial charge in [-0.05, 0) is 55.3 Å². The first-order valence-corrected chi connectivity index (χ1v) is 12.9. The summed E-state index contributed by atoms with van der Waals surface area (Å²) >= 11 is 0. The third-order valence-corrected chi connectivity index (χ3v) is 7.12. The summed E-state index contributed by atoms with van der Waals surface area (Å²) in [6.07, 6.45) is 9.27. The summed E-state index contributed by atoms with van der Waals surface area (Å²) in [5.41, 5.74) is 1.42. The van der Waals surface area contributed by atoms with Crippen molar-refractivity contribution in [2.24, 2.45) is 0 Å². The number of hydrogen-bond acceptors (Lipinski definition) is 4. The van der Waals surface area contributed by atoms with Crippen LogP contribution in [0.3, 0.4) is 0 Å². The Morgan fingerprint density at radius 2 is 2.03 bits per heavy atom. The van der Waals surface area contributed by atoms with Gasteiger partial charge < -0.3 is 14.4 Å². The van der Waals surface area contributed by atoms with E-state index < -0.39 is 15.5 Å². The lowest BCUT2D eigenvalue weighted by Gasteiger charge is -2.40. The van der Waals surface area contributed by atoms with Gasteiger partial charge in [-0.25, -0.2) is 13.4 Å². The van der Waals surface area contributed by atoms with Gasteiger partial charge in [0.1, 0.15) is 18.7 Å². The van der Waals surface area contributed by atoms with Crippen LogP contribution in [0.2, 0.25) is 0 Å². The molecule has 2 aliphatic rings. The van der Waals surface area contributed by atoms with E-state index in [-0.39, 0.29) is 24.5 Å². The van der Waals surface area contributed by atoms with Crippen molar-refractivity contribution in [3.63, 3.8) is 0 Å². The van der Waals surface area contributed by atoms with E-state index in [2.05, 4.69) is 18.0 Å². The Morgan fingerprint density at radius 3 is 2.62 bits per heavy atom. The molecule has 1 aliphatic carbocycles. The van der Waals surface area contributed by atoms with Crippen LogP contribution in [0.5, 0.6) is 0 Å². The number of amides is 1. The molecule has 0 bridgehead atoms. The molecule has 1 aliphatic heterocycles. The van der Waals surface area contributed by atoms with Crippen LogP contribution in [0.15, 0.2) is 48.1 Å². The van der Waals surface area contributed by atoms with Gasteiger partial charge in [-0.2, -0.15) is 0 Å². The number of halogens is 1. The normalized spacial score (nSPS) is 18.0. The molecular formula is C24H33FN2O4S. The number of carbonyl (C=O) groups excluding carboxylic acids is 2. The highest BCUT2D eigenvalue weighted by Crippen LogP contribution is 2.28. The third kappa shape index (κ3) is 6.95. The minimum Gasteiger partial charge on any atom is -0.445 e. The molecule has 0 radical (unpaired) electrons. The van der Waals surface area contributed by atoms with E-state index in [9.17, 15) is 18.2 Å². The standard InChI is InChI=1S/C22H27FN2O4S.C2H6/c1-30(28,15-14-26)25(21-9-5-8-19(23)16-21)20-10-12-24(13-11-20)22(27)29-17-18-6-3-2-4-7-18;1-2/h3,5-9,14,16,20H,1-2,4,10-13,15,17H2;1-2H3. The van der Waals surface area contributed by atoms with Crippen LogP contribution in [-0.4, -0.2) is 58.8 Å². The van der Waals surface area contributed by atoms with Crippen molar-refractivity contribution in [1.82, 2.24) is 4.90 Å². The predicted molar refractivity (Wildman–Crippen MR) is 129 cm³/mol. The van der Waals surface area contributed by atoms with E-state index >= 15 is 0 Å². The van der Waals surface area contributed by atoms with Gasteiger partial charge in [0.05, 0.1) is 21.1 Å². The number of nitrogens with zero attached hydrogens (tertiary/aromatic N) is 2. The first-order valence-electron chi connectivity index (χ1n) is 11.0. The van der Waals surface area contributed by atoms with Gasteiger partial charge in [-0.15, -0.1) is 0 Å². The molecule has 1 amide bonds. The Hall–Kier alpha value is -2.61. The van der Waals surface area contributed by atoms with Crippen molar-refractivity contribution in [3.05, 3.63) is 53.9 Å². The van der Waals surface area contributed by atoms with Gasteiger partial charge in [-0.1, -0.05) is 38.1 Å². The molecule has 0 aromatic heterocycles. The Bertz CT molecular complexity index is 935. The van der Waals surface area contributed by atoms with Crippen LogP contribution in [0.1, 0.15) is 39.5 Å². The van der Waals surface area contributed by atoms with Gasteiger partial charge >= 0.3 is 6.09 Å². The molecule has 1 fully saturated rings. The summed E-state index contributed by atoms with van der Waals surface area (Å²) in [6.45, 7) is 5.08. The maximum Gasteiger partial charge on any atom is 0.410 e. The largest absolute Gasteiger partial charge is 0.445 e. The van der Waals surface area contributed by atoms with Crippen molar-refractivity contribution in [2.75, 3.05) is 29.8 Å². The first kappa shape index (κ1) is 25.6.